The monoisotopic (exact) mass is 371 g/mol. The maximum Gasteiger partial charge on any atom is 0.264 e. The molecule has 1 amide bonds. The summed E-state index contributed by atoms with van der Waals surface area (Å²) in [6.45, 7) is 4.12. The normalized spacial score (nSPS) is 19.3. The third-order valence-corrected chi connectivity index (χ3v) is 7.24. The van der Waals surface area contributed by atoms with Crippen molar-refractivity contribution in [3.8, 4) is 0 Å². The second kappa shape index (κ2) is 7.26. The van der Waals surface area contributed by atoms with Gasteiger partial charge in [0.05, 0.1) is 10.6 Å². The Morgan fingerprint density at radius 1 is 1.00 bits per heavy atom. The lowest BCUT2D eigenvalue weighted by Crippen LogP contribution is -2.37. The van der Waals surface area contributed by atoms with Gasteiger partial charge >= 0.3 is 0 Å². The standard InChI is InChI=1S/C21H29N3OS/c1-13-17-14(2)22-19(15-11-12-15)23-20(17)26-18(13)21(25)24(3)16-9-7-5-4-6-8-10-16/h15-16H,4-12H2,1-3H3. The molecule has 5 heteroatoms. The Labute approximate surface area is 160 Å². The SMILES string of the molecule is Cc1nc(C2CC2)nc2sc(C(=O)N(C)C3CCCCCCC3)c(C)c12. The molecule has 26 heavy (non-hydrogen) atoms. The van der Waals surface area contributed by atoms with Gasteiger partial charge in [-0.15, -0.1) is 11.3 Å². The molecule has 0 radical (unpaired) electrons. The van der Waals surface area contributed by atoms with Crippen LogP contribution in [0.1, 0.15) is 90.5 Å². The van der Waals surface area contributed by atoms with Gasteiger partial charge in [-0.05, 0) is 45.1 Å². The highest BCUT2D eigenvalue weighted by molar-refractivity contribution is 7.20. The van der Waals surface area contributed by atoms with Gasteiger partial charge < -0.3 is 4.90 Å². The Kier molecular flexibility index (Phi) is 5.00. The van der Waals surface area contributed by atoms with E-state index in [1.807, 2.05) is 11.9 Å². The number of amides is 1. The van der Waals surface area contributed by atoms with Crippen molar-refractivity contribution in [2.45, 2.75) is 83.6 Å². The zero-order chi connectivity index (χ0) is 18.3. The van der Waals surface area contributed by atoms with Crippen molar-refractivity contribution in [2.75, 3.05) is 7.05 Å². The minimum absolute atomic E-state index is 0.170. The summed E-state index contributed by atoms with van der Waals surface area (Å²) in [4.78, 5) is 26.6. The van der Waals surface area contributed by atoms with Crippen LogP contribution in [0.25, 0.3) is 10.2 Å². The minimum Gasteiger partial charge on any atom is -0.338 e. The molecule has 0 bridgehead atoms. The highest BCUT2D eigenvalue weighted by Gasteiger charge is 2.30. The van der Waals surface area contributed by atoms with Crippen LogP contribution in [0, 0.1) is 13.8 Å². The molecule has 140 valence electrons. The summed E-state index contributed by atoms with van der Waals surface area (Å²) in [5.74, 6) is 1.68. The zero-order valence-electron chi connectivity index (χ0n) is 16.2. The number of rotatable bonds is 3. The molecule has 2 aromatic heterocycles. The lowest BCUT2D eigenvalue weighted by molar-refractivity contribution is 0.0711. The Balaban J connectivity index is 1.63. The van der Waals surface area contributed by atoms with E-state index in [1.165, 1.54) is 44.9 Å². The van der Waals surface area contributed by atoms with Crippen molar-refractivity contribution in [1.29, 1.82) is 0 Å². The average Bonchev–Trinajstić information content (AvgIpc) is 3.38. The summed E-state index contributed by atoms with van der Waals surface area (Å²) in [5, 5.41) is 1.09. The lowest BCUT2D eigenvalue weighted by Gasteiger charge is -2.29. The van der Waals surface area contributed by atoms with Crippen LogP contribution in [0.2, 0.25) is 0 Å². The van der Waals surface area contributed by atoms with Gasteiger partial charge in [-0.25, -0.2) is 9.97 Å². The van der Waals surface area contributed by atoms with Crippen LogP contribution < -0.4 is 0 Å². The Bertz CT molecular complexity index is 816. The Hall–Kier alpha value is -1.49. The van der Waals surface area contributed by atoms with E-state index in [0.717, 1.165) is 45.0 Å². The topological polar surface area (TPSA) is 46.1 Å². The van der Waals surface area contributed by atoms with E-state index in [2.05, 4.69) is 13.8 Å². The van der Waals surface area contributed by atoms with Gasteiger partial charge in [0.15, 0.2) is 0 Å². The fraction of sp³-hybridized carbons (Fsp3) is 0.667. The maximum absolute atomic E-state index is 13.3. The van der Waals surface area contributed by atoms with Gasteiger partial charge in [-0.3, -0.25) is 4.79 Å². The molecule has 0 N–H and O–H groups in total. The summed E-state index contributed by atoms with van der Waals surface area (Å²) in [5.41, 5.74) is 2.09. The number of carbonyl (C=O) groups is 1. The van der Waals surface area contributed by atoms with E-state index < -0.39 is 0 Å². The van der Waals surface area contributed by atoms with E-state index in [0.29, 0.717) is 12.0 Å². The molecule has 4 nitrogen and oxygen atoms in total. The first-order valence-electron chi connectivity index (χ1n) is 10.1. The molecule has 0 saturated heterocycles. The quantitative estimate of drug-likeness (QED) is 0.728. The first-order chi connectivity index (χ1) is 12.6. The predicted molar refractivity (Wildman–Crippen MR) is 107 cm³/mol. The summed E-state index contributed by atoms with van der Waals surface area (Å²) >= 11 is 1.56. The number of hydrogen-bond donors (Lipinski definition) is 0. The van der Waals surface area contributed by atoms with E-state index in [9.17, 15) is 4.79 Å². The van der Waals surface area contributed by atoms with E-state index in [1.54, 1.807) is 11.3 Å². The van der Waals surface area contributed by atoms with Crippen LogP contribution in [0.5, 0.6) is 0 Å². The highest BCUT2D eigenvalue weighted by Crippen LogP contribution is 2.40. The van der Waals surface area contributed by atoms with Crippen molar-refractivity contribution in [2.24, 2.45) is 0 Å². The smallest absolute Gasteiger partial charge is 0.264 e. The maximum atomic E-state index is 13.3. The molecule has 2 aliphatic rings. The van der Waals surface area contributed by atoms with Crippen LogP contribution in [-0.4, -0.2) is 33.9 Å². The van der Waals surface area contributed by atoms with E-state index >= 15 is 0 Å². The Morgan fingerprint density at radius 3 is 2.31 bits per heavy atom. The van der Waals surface area contributed by atoms with E-state index in [-0.39, 0.29) is 5.91 Å². The van der Waals surface area contributed by atoms with Crippen LogP contribution in [0.4, 0.5) is 0 Å². The molecule has 2 aromatic rings. The van der Waals surface area contributed by atoms with Crippen molar-refractivity contribution >= 4 is 27.5 Å². The fourth-order valence-electron chi connectivity index (χ4n) is 4.24. The molecule has 0 aliphatic heterocycles. The fourth-order valence-corrected chi connectivity index (χ4v) is 5.46. The minimum atomic E-state index is 0.170. The lowest BCUT2D eigenvalue weighted by atomic mass is 9.95. The van der Waals surface area contributed by atoms with Gasteiger partial charge in [0.25, 0.3) is 5.91 Å². The summed E-state index contributed by atoms with van der Waals surface area (Å²) < 4.78 is 0. The largest absolute Gasteiger partial charge is 0.338 e. The number of carbonyl (C=O) groups excluding carboxylic acids is 1. The number of aryl methyl sites for hydroxylation is 2. The van der Waals surface area contributed by atoms with Crippen molar-refractivity contribution in [1.82, 2.24) is 14.9 Å². The zero-order valence-corrected chi connectivity index (χ0v) is 17.0. The first-order valence-corrected chi connectivity index (χ1v) is 10.9. The van der Waals surface area contributed by atoms with Gasteiger partial charge in [-0.1, -0.05) is 32.1 Å². The average molecular weight is 372 g/mol. The molecule has 0 unspecified atom stereocenters. The Morgan fingerprint density at radius 2 is 1.65 bits per heavy atom. The highest BCUT2D eigenvalue weighted by atomic mass is 32.1. The molecule has 2 fully saturated rings. The van der Waals surface area contributed by atoms with Gasteiger partial charge in [0.2, 0.25) is 0 Å². The molecule has 0 aromatic carbocycles. The number of thiophene rings is 1. The second-order valence-electron chi connectivity index (χ2n) is 8.09. The third-order valence-electron chi connectivity index (χ3n) is 6.07. The molecule has 2 aliphatic carbocycles. The van der Waals surface area contributed by atoms with Crippen LogP contribution >= 0.6 is 11.3 Å². The van der Waals surface area contributed by atoms with Gasteiger partial charge in [0, 0.05) is 24.4 Å². The first kappa shape index (κ1) is 17.9. The van der Waals surface area contributed by atoms with Gasteiger partial charge in [-0.2, -0.15) is 0 Å². The van der Waals surface area contributed by atoms with Crippen LogP contribution in [0.3, 0.4) is 0 Å². The van der Waals surface area contributed by atoms with Crippen molar-refractivity contribution < 1.29 is 4.79 Å². The van der Waals surface area contributed by atoms with Gasteiger partial charge in [0.1, 0.15) is 10.7 Å². The summed E-state index contributed by atoms with van der Waals surface area (Å²) in [7, 11) is 1.99. The molecule has 0 atom stereocenters. The summed E-state index contributed by atoms with van der Waals surface area (Å²) in [6, 6.07) is 0.376. The predicted octanol–water partition coefficient (Wildman–Crippen LogP) is 5.37. The summed E-state index contributed by atoms with van der Waals surface area (Å²) in [6.07, 6.45) is 11.1. The number of aromatic nitrogens is 2. The number of hydrogen-bond acceptors (Lipinski definition) is 4. The van der Waals surface area contributed by atoms with Crippen LogP contribution in [-0.2, 0) is 0 Å². The van der Waals surface area contributed by atoms with Crippen molar-refractivity contribution in [3.05, 3.63) is 22.0 Å². The molecule has 0 spiro atoms. The number of fused-ring (bicyclic) bond motifs is 1. The number of nitrogens with zero attached hydrogens (tertiary/aromatic N) is 3. The third kappa shape index (κ3) is 3.38. The van der Waals surface area contributed by atoms with Crippen LogP contribution in [0.15, 0.2) is 0 Å². The molecule has 4 rings (SSSR count). The van der Waals surface area contributed by atoms with E-state index in [4.69, 9.17) is 9.97 Å². The molecular formula is C21H29N3OS. The molecular weight excluding hydrogens is 342 g/mol. The van der Waals surface area contributed by atoms with Crippen molar-refractivity contribution in [3.63, 3.8) is 0 Å². The molecule has 2 saturated carbocycles. The second-order valence-corrected chi connectivity index (χ2v) is 9.09. The molecule has 2 heterocycles.